The molecule has 0 saturated carbocycles. The number of aliphatic hydroxyl groups excluding tert-OH is 1. The van der Waals surface area contributed by atoms with E-state index in [0.29, 0.717) is 12.2 Å². The second kappa shape index (κ2) is 10.9. The fourth-order valence-corrected chi connectivity index (χ4v) is 3.94. The van der Waals surface area contributed by atoms with Crippen LogP contribution in [-0.4, -0.2) is 58.1 Å². The van der Waals surface area contributed by atoms with Gasteiger partial charge in [0.25, 0.3) is 0 Å². The molecule has 1 aliphatic heterocycles. The van der Waals surface area contributed by atoms with Crippen molar-refractivity contribution in [2.75, 3.05) is 19.0 Å². The van der Waals surface area contributed by atoms with Crippen molar-refractivity contribution in [1.29, 1.82) is 0 Å². The molecule has 4 rings (SSSR count). The second-order valence-electron chi connectivity index (χ2n) is 8.01. The van der Waals surface area contributed by atoms with Crippen molar-refractivity contribution in [2.24, 2.45) is 0 Å². The number of methoxy groups -OCH3 is 1. The Morgan fingerprint density at radius 1 is 1.18 bits per heavy atom. The first-order valence-corrected chi connectivity index (χ1v) is 11.1. The van der Waals surface area contributed by atoms with E-state index in [1.807, 2.05) is 41.2 Å². The third-order valence-electron chi connectivity index (χ3n) is 5.75. The first-order valence-electron chi connectivity index (χ1n) is 11.1. The molecule has 3 aromatic rings. The maximum Gasteiger partial charge on any atom is 0.319 e. The number of aliphatic hydroxyl groups is 1. The van der Waals surface area contributed by atoms with E-state index in [4.69, 9.17) is 9.47 Å². The van der Waals surface area contributed by atoms with Crippen molar-refractivity contribution in [3.8, 4) is 17.0 Å². The van der Waals surface area contributed by atoms with Crippen LogP contribution < -0.4 is 15.4 Å². The van der Waals surface area contributed by atoms with Crippen molar-refractivity contribution in [1.82, 2.24) is 20.3 Å². The van der Waals surface area contributed by atoms with E-state index in [-0.39, 0.29) is 24.8 Å². The number of hydrogen-bond acceptors (Lipinski definition) is 6. The molecule has 33 heavy (non-hydrogen) atoms. The Hall–Kier alpha value is -3.43. The summed E-state index contributed by atoms with van der Waals surface area (Å²) in [6, 6.07) is 16.4. The SMILES string of the molecule is COc1ccc(NC(=O)N[C@H]2CC[C@@H](CCn3cc(-c4ccccc4)nn3)O[C@@H]2CO)cc1. The normalized spacial score (nSPS) is 20.2. The summed E-state index contributed by atoms with van der Waals surface area (Å²) in [6.45, 7) is 0.504. The molecule has 1 saturated heterocycles. The van der Waals surface area contributed by atoms with E-state index in [9.17, 15) is 9.90 Å². The Bertz CT molecular complexity index is 1020. The van der Waals surface area contributed by atoms with Gasteiger partial charge in [0.15, 0.2) is 0 Å². The van der Waals surface area contributed by atoms with Crippen molar-refractivity contribution >= 4 is 11.7 Å². The summed E-state index contributed by atoms with van der Waals surface area (Å²) in [5.41, 5.74) is 2.52. The number of anilines is 1. The average molecular weight is 452 g/mol. The number of aryl methyl sites for hydroxylation is 1. The minimum atomic E-state index is -0.457. The van der Waals surface area contributed by atoms with Crippen LogP contribution in [-0.2, 0) is 11.3 Å². The van der Waals surface area contributed by atoms with Gasteiger partial charge in [-0.25, -0.2) is 4.79 Å². The molecular weight excluding hydrogens is 422 g/mol. The zero-order valence-corrected chi connectivity index (χ0v) is 18.6. The molecule has 2 aromatic carbocycles. The third kappa shape index (κ3) is 6.09. The average Bonchev–Trinajstić information content (AvgIpc) is 3.33. The van der Waals surface area contributed by atoms with E-state index in [0.717, 1.165) is 36.3 Å². The second-order valence-corrected chi connectivity index (χ2v) is 8.01. The number of carbonyl (C=O) groups excluding carboxylic acids is 1. The number of rotatable bonds is 8. The van der Waals surface area contributed by atoms with Gasteiger partial charge in [-0.2, -0.15) is 0 Å². The highest BCUT2D eigenvalue weighted by Crippen LogP contribution is 2.23. The lowest BCUT2D eigenvalue weighted by Gasteiger charge is -2.36. The summed E-state index contributed by atoms with van der Waals surface area (Å²) in [7, 11) is 1.59. The topological polar surface area (TPSA) is 111 Å². The molecule has 9 nitrogen and oxygen atoms in total. The van der Waals surface area contributed by atoms with Gasteiger partial charge in [-0.05, 0) is 43.5 Å². The molecule has 174 valence electrons. The van der Waals surface area contributed by atoms with Crippen LogP contribution in [0.1, 0.15) is 19.3 Å². The number of hydrogen-bond donors (Lipinski definition) is 3. The van der Waals surface area contributed by atoms with Gasteiger partial charge in [-0.1, -0.05) is 35.5 Å². The molecule has 3 N–H and O–H groups in total. The molecule has 2 heterocycles. The van der Waals surface area contributed by atoms with Crippen LogP contribution in [0.4, 0.5) is 10.5 Å². The molecule has 0 bridgehead atoms. The van der Waals surface area contributed by atoms with Gasteiger partial charge in [0.05, 0.1) is 32.1 Å². The molecular formula is C24H29N5O4. The number of carbonyl (C=O) groups is 1. The fourth-order valence-electron chi connectivity index (χ4n) is 3.94. The van der Waals surface area contributed by atoms with Crippen LogP contribution in [0.25, 0.3) is 11.3 Å². The zero-order valence-electron chi connectivity index (χ0n) is 18.6. The molecule has 0 aliphatic carbocycles. The van der Waals surface area contributed by atoms with Crippen molar-refractivity contribution in [2.45, 2.75) is 44.1 Å². The van der Waals surface area contributed by atoms with Gasteiger partial charge in [-0.3, -0.25) is 4.68 Å². The lowest BCUT2D eigenvalue weighted by atomic mass is 9.97. The predicted octanol–water partition coefficient (Wildman–Crippen LogP) is 3.07. The Kier molecular flexibility index (Phi) is 7.54. The number of nitrogens with zero attached hydrogens (tertiary/aromatic N) is 3. The molecule has 1 aromatic heterocycles. The Balaban J connectivity index is 1.25. The van der Waals surface area contributed by atoms with Gasteiger partial charge in [0.2, 0.25) is 0 Å². The summed E-state index contributed by atoms with van der Waals surface area (Å²) in [4.78, 5) is 12.4. The maximum atomic E-state index is 12.4. The minimum absolute atomic E-state index is 0.0192. The van der Waals surface area contributed by atoms with Gasteiger partial charge < -0.3 is 25.2 Å². The van der Waals surface area contributed by atoms with Crippen LogP contribution in [0.3, 0.4) is 0 Å². The highest BCUT2D eigenvalue weighted by molar-refractivity contribution is 5.89. The Morgan fingerprint density at radius 2 is 1.97 bits per heavy atom. The van der Waals surface area contributed by atoms with Crippen LogP contribution in [0.15, 0.2) is 60.8 Å². The van der Waals surface area contributed by atoms with Crippen molar-refractivity contribution in [3.05, 3.63) is 60.8 Å². The van der Waals surface area contributed by atoms with Gasteiger partial charge in [0, 0.05) is 17.8 Å². The summed E-state index contributed by atoms with van der Waals surface area (Å²) >= 11 is 0. The Morgan fingerprint density at radius 3 is 2.70 bits per heavy atom. The number of urea groups is 1. The monoisotopic (exact) mass is 451 g/mol. The first kappa shape index (κ1) is 22.8. The van der Waals surface area contributed by atoms with E-state index in [2.05, 4.69) is 20.9 Å². The summed E-state index contributed by atoms with van der Waals surface area (Å²) < 4.78 is 13.0. The summed E-state index contributed by atoms with van der Waals surface area (Å²) in [5.74, 6) is 0.718. The van der Waals surface area contributed by atoms with E-state index >= 15 is 0 Å². The molecule has 2 amide bonds. The van der Waals surface area contributed by atoms with E-state index in [1.54, 1.807) is 31.4 Å². The summed E-state index contributed by atoms with van der Waals surface area (Å²) in [5, 5.41) is 24.0. The minimum Gasteiger partial charge on any atom is -0.497 e. The molecule has 1 aliphatic rings. The lowest BCUT2D eigenvalue weighted by molar-refractivity contribution is -0.0905. The highest BCUT2D eigenvalue weighted by atomic mass is 16.5. The summed E-state index contributed by atoms with van der Waals surface area (Å²) in [6.07, 6.45) is 3.70. The van der Waals surface area contributed by atoms with Crippen molar-refractivity contribution in [3.63, 3.8) is 0 Å². The van der Waals surface area contributed by atoms with Crippen LogP contribution in [0.5, 0.6) is 5.75 Å². The van der Waals surface area contributed by atoms with Gasteiger partial charge >= 0.3 is 6.03 Å². The standard InChI is InChI=1S/C24H29N5O4/c1-32-19-9-7-18(8-10-19)25-24(31)26-21-12-11-20(33-23(21)16-30)13-14-29-15-22(27-28-29)17-5-3-2-4-6-17/h2-10,15,20-21,23,30H,11-14,16H2,1H3,(H2,25,26,31)/t20-,21-,23+/m0/s1. The zero-order chi connectivity index (χ0) is 23.0. The fraction of sp³-hybridized carbons (Fsp3) is 0.375. The third-order valence-corrected chi connectivity index (χ3v) is 5.75. The molecule has 1 fully saturated rings. The van der Waals surface area contributed by atoms with Gasteiger partial charge in [0.1, 0.15) is 17.5 Å². The Labute approximate surface area is 192 Å². The maximum absolute atomic E-state index is 12.4. The van der Waals surface area contributed by atoms with E-state index < -0.39 is 6.10 Å². The molecule has 0 unspecified atom stereocenters. The number of ether oxygens (including phenoxy) is 2. The van der Waals surface area contributed by atoms with Crippen LogP contribution in [0, 0.1) is 0 Å². The lowest BCUT2D eigenvalue weighted by Crippen LogP contribution is -2.52. The van der Waals surface area contributed by atoms with E-state index in [1.165, 1.54) is 0 Å². The number of amides is 2. The van der Waals surface area contributed by atoms with Gasteiger partial charge in [-0.15, -0.1) is 5.10 Å². The molecule has 0 spiro atoms. The van der Waals surface area contributed by atoms with Crippen LogP contribution >= 0.6 is 0 Å². The first-order chi connectivity index (χ1) is 16.1. The smallest absolute Gasteiger partial charge is 0.319 e. The van der Waals surface area contributed by atoms with Crippen molar-refractivity contribution < 1.29 is 19.4 Å². The highest BCUT2D eigenvalue weighted by Gasteiger charge is 2.31. The largest absolute Gasteiger partial charge is 0.497 e. The van der Waals surface area contributed by atoms with Crippen LogP contribution in [0.2, 0.25) is 0 Å². The quantitative estimate of drug-likeness (QED) is 0.486. The number of benzene rings is 2. The predicted molar refractivity (Wildman–Crippen MR) is 124 cm³/mol. The molecule has 9 heteroatoms. The number of nitrogens with one attached hydrogen (secondary N) is 2. The molecule has 3 atom stereocenters. The number of aromatic nitrogens is 3. The molecule has 0 radical (unpaired) electrons.